The predicted molar refractivity (Wildman–Crippen MR) is 125 cm³/mol. The Kier molecular flexibility index (Phi) is 8.08. The Morgan fingerprint density at radius 2 is 2.12 bits per heavy atom. The molecule has 3 aromatic rings. The summed E-state index contributed by atoms with van der Waals surface area (Å²) in [5.74, 6) is 0.0259. The third kappa shape index (κ3) is 5.90. The molecule has 1 aliphatic heterocycles. The molecule has 9 nitrogen and oxygen atoms in total. The Balaban J connectivity index is 1.38. The van der Waals surface area contributed by atoms with Gasteiger partial charge >= 0.3 is 8.25 Å². The summed E-state index contributed by atoms with van der Waals surface area (Å²) in [6, 6.07) is 15.1. The number of rotatable bonds is 11. The molecular formula is C23H26FN5O4P+. The van der Waals surface area contributed by atoms with Gasteiger partial charge in [0.05, 0.1) is 11.6 Å². The van der Waals surface area contributed by atoms with Crippen molar-refractivity contribution in [1.82, 2.24) is 20.5 Å². The van der Waals surface area contributed by atoms with Crippen molar-refractivity contribution in [2.24, 2.45) is 5.10 Å². The third-order valence-corrected chi connectivity index (χ3v) is 5.88. The molecule has 0 fully saturated rings. The molecule has 4 rings (SSSR count). The van der Waals surface area contributed by atoms with Crippen molar-refractivity contribution in [3.05, 3.63) is 71.4 Å². The second-order valence-electron chi connectivity index (χ2n) is 7.77. The van der Waals surface area contributed by atoms with E-state index in [4.69, 9.17) is 9.42 Å². The van der Waals surface area contributed by atoms with Crippen LogP contribution in [-0.2, 0) is 15.6 Å². The smallest absolute Gasteiger partial charge is 0.332 e. The first kappa shape index (κ1) is 24.1. The molecule has 0 spiro atoms. The number of benzene rings is 2. The Morgan fingerprint density at radius 1 is 1.29 bits per heavy atom. The van der Waals surface area contributed by atoms with Crippen LogP contribution in [0.5, 0.6) is 0 Å². The summed E-state index contributed by atoms with van der Waals surface area (Å²) in [6.07, 6.45) is 1.20. The lowest BCUT2D eigenvalue weighted by Crippen LogP contribution is -2.18. The largest absolute Gasteiger partial charge is 0.694 e. The Hall–Kier alpha value is -3.04. The summed E-state index contributed by atoms with van der Waals surface area (Å²) in [4.78, 5) is 13.0. The summed E-state index contributed by atoms with van der Waals surface area (Å²) in [5, 5.41) is 13.8. The van der Waals surface area contributed by atoms with E-state index in [0.29, 0.717) is 37.5 Å². The highest BCUT2D eigenvalue weighted by Gasteiger charge is 2.30. The zero-order chi connectivity index (χ0) is 23.9. The van der Waals surface area contributed by atoms with Crippen LogP contribution in [0.2, 0.25) is 0 Å². The van der Waals surface area contributed by atoms with Crippen LogP contribution in [-0.4, -0.2) is 45.5 Å². The molecule has 0 saturated carbocycles. The lowest BCUT2D eigenvalue weighted by Gasteiger charge is -2.21. The van der Waals surface area contributed by atoms with E-state index < -0.39 is 14.1 Å². The van der Waals surface area contributed by atoms with Gasteiger partial charge in [-0.3, -0.25) is 5.01 Å². The predicted octanol–water partition coefficient (Wildman–Crippen LogP) is 4.19. The molecule has 1 aromatic heterocycles. The molecule has 2 heterocycles. The molecule has 11 heteroatoms. The zero-order valence-corrected chi connectivity index (χ0v) is 19.6. The van der Waals surface area contributed by atoms with E-state index in [0.717, 1.165) is 17.7 Å². The van der Waals surface area contributed by atoms with Crippen molar-refractivity contribution in [3.63, 3.8) is 0 Å². The van der Waals surface area contributed by atoms with E-state index in [1.54, 1.807) is 12.1 Å². The van der Waals surface area contributed by atoms with Crippen molar-refractivity contribution in [1.29, 1.82) is 0 Å². The van der Waals surface area contributed by atoms with Crippen LogP contribution in [0, 0.1) is 5.82 Å². The van der Waals surface area contributed by atoms with Gasteiger partial charge in [0, 0.05) is 24.1 Å². The SMILES string of the molecule is CCN1N=C(c2nc(-c3ccc(CNCCCO[P+](=O)O)cc3F)no2)CC1c1ccccc1. The molecule has 0 bridgehead atoms. The fourth-order valence-electron chi connectivity index (χ4n) is 3.81. The van der Waals surface area contributed by atoms with Crippen LogP contribution in [0.25, 0.3) is 11.4 Å². The Labute approximate surface area is 197 Å². The van der Waals surface area contributed by atoms with Gasteiger partial charge in [-0.15, -0.1) is 9.42 Å². The zero-order valence-electron chi connectivity index (χ0n) is 18.7. The Morgan fingerprint density at radius 3 is 2.85 bits per heavy atom. The monoisotopic (exact) mass is 486 g/mol. The Bertz CT molecular complexity index is 1160. The maximum Gasteiger partial charge on any atom is 0.694 e. The maximum atomic E-state index is 14.8. The highest BCUT2D eigenvalue weighted by atomic mass is 31.1. The summed E-state index contributed by atoms with van der Waals surface area (Å²) in [6.45, 7) is 3.98. The first-order valence-corrected chi connectivity index (χ1v) is 12.2. The van der Waals surface area contributed by atoms with E-state index in [1.165, 1.54) is 6.07 Å². The number of nitrogens with one attached hydrogen (secondary N) is 1. The van der Waals surface area contributed by atoms with Crippen molar-refractivity contribution < 1.29 is 22.9 Å². The second kappa shape index (κ2) is 11.4. The van der Waals surface area contributed by atoms with Gasteiger partial charge in [-0.05, 0) is 43.1 Å². The van der Waals surface area contributed by atoms with Gasteiger partial charge in [0.25, 0.3) is 5.89 Å². The first-order valence-electron chi connectivity index (χ1n) is 11.1. The molecule has 34 heavy (non-hydrogen) atoms. The minimum Gasteiger partial charge on any atom is -0.332 e. The minimum absolute atomic E-state index is 0.0953. The summed E-state index contributed by atoms with van der Waals surface area (Å²) >= 11 is 0. The van der Waals surface area contributed by atoms with Gasteiger partial charge in [0.1, 0.15) is 18.1 Å². The van der Waals surface area contributed by atoms with Crippen LogP contribution in [0.4, 0.5) is 4.39 Å². The van der Waals surface area contributed by atoms with Crippen molar-refractivity contribution >= 4 is 14.0 Å². The molecule has 2 aromatic carbocycles. The van der Waals surface area contributed by atoms with Crippen LogP contribution in [0.15, 0.2) is 58.2 Å². The van der Waals surface area contributed by atoms with Crippen LogP contribution >= 0.6 is 8.25 Å². The molecular weight excluding hydrogens is 460 g/mol. The van der Waals surface area contributed by atoms with E-state index >= 15 is 0 Å². The minimum atomic E-state index is -2.57. The van der Waals surface area contributed by atoms with E-state index in [2.05, 4.69) is 37.2 Å². The van der Waals surface area contributed by atoms with Gasteiger partial charge in [0.2, 0.25) is 5.82 Å². The van der Waals surface area contributed by atoms with Crippen LogP contribution in [0.3, 0.4) is 0 Å². The number of hydrogen-bond acceptors (Lipinski definition) is 8. The topological polar surface area (TPSA) is 113 Å². The van der Waals surface area contributed by atoms with Gasteiger partial charge in [-0.2, -0.15) is 10.1 Å². The third-order valence-electron chi connectivity index (χ3n) is 5.48. The van der Waals surface area contributed by atoms with Crippen molar-refractivity contribution in [2.75, 3.05) is 19.7 Å². The van der Waals surface area contributed by atoms with Crippen molar-refractivity contribution in [3.8, 4) is 11.4 Å². The molecule has 2 unspecified atom stereocenters. The van der Waals surface area contributed by atoms with E-state index in [9.17, 15) is 8.96 Å². The molecule has 178 valence electrons. The molecule has 2 atom stereocenters. The molecule has 0 saturated heterocycles. The van der Waals surface area contributed by atoms with E-state index in [-0.39, 0.29) is 24.0 Å². The average Bonchev–Trinajstić information content (AvgIpc) is 3.49. The van der Waals surface area contributed by atoms with Crippen LogP contribution < -0.4 is 5.32 Å². The average molecular weight is 486 g/mol. The maximum absolute atomic E-state index is 14.8. The fraction of sp³-hybridized carbons (Fsp3) is 0.348. The number of hydrazone groups is 1. The first-order chi connectivity index (χ1) is 16.5. The normalized spacial score (nSPS) is 16.1. The fourth-order valence-corrected chi connectivity index (χ4v) is 4.10. The van der Waals surface area contributed by atoms with Gasteiger partial charge in [-0.25, -0.2) is 4.39 Å². The molecule has 2 N–H and O–H groups in total. The van der Waals surface area contributed by atoms with Gasteiger partial charge in [0.15, 0.2) is 0 Å². The highest BCUT2D eigenvalue weighted by molar-refractivity contribution is 7.32. The molecule has 0 amide bonds. The van der Waals surface area contributed by atoms with E-state index in [1.807, 2.05) is 30.1 Å². The highest BCUT2D eigenvalue weighted by Crippen LogP contribution is 2.32. The quantitative estimate of drug-likeness (QED) is 0.306. The second-order valence-corrected chi connectivity index (χ2v) is 8.51. The van der Waals surface area contributed by atoms with Gasteiger partial charge < -0.3 is 9.84 Å². The number of aromatic nitrogens is 2. The molecule has 0 aliphatic carbocycles. The summed E-state index contributed by atoms with van der Waals surface area (Å²) in [7, 11) is -2.57. The number of hydrogen-bond donors (Lipinski definition) is 2. The standard InChI is InChI=1S/C23H25FN5O4P/c1-2-29-21(17-7-4-3-5-8-17)14-20(27-29)23-26-22(28-33-23)18-10-9-16(13-19(18)24)15-25-11-6-12-32-34(30)31/h3-5,7-10,13,21,25H,2,6,11-12,14-15H2,1H3/p+1. The number of halogens is 1. The van der Waals surface area contributed by atoms with Gasteiger partial charge in [-0.1, -0.05) is 41.6 Å². The lowest BCUT2D eigenvalue weighted by molar-refractivity contribution is 0.246. The summed E-state index contributed by atoms with van der Waals surface area (Å²) in [5.41, 5.74) is 2.85. The lowest BCUT2D eigenvalue weighted by atomic mass is 10.0. The molecule has 1 aliphatic rings. The molecule has 0 radical (unpaired) electrons. The van der Waals surface area contributed by atoms with Crippen LogP contribution in [0.1, 0.15) is 42.8 Å². The number of nitrogens with zero attached hydrogens (tertiary/aromatic N) is 4. The summed E-state index contributed by atoms with van der Waals surface area (Å²) < 4.78 is 35.3. The van der Waals surface area contributed by atoms with Crippen molar-refractivity contribution in [2.45, 2.75) is 32.4 Å².